The molecule has 0 aliphatic carbocycles. The van der Waals surface area contributed by atoms with E-state index in [1.165, 1.54) is 13.2 Å². The second-order valence-corrected chi connectivity index (χ2v) is 11.9. The number of unbranched alkanes of at least 4 members (excludes halogenated alkanes) is 1. The molecule has 1 aliphatic heterocycles. The molecule has 1 fully saturated rings. The first-order valence-electron chi connectivity index (χ1n) is 15.9. The van der Waals surface area contributed by atoms with Gasteiger partial charge in [-0.1, -0.05) is 54.1 Å². The Hall–Kier alpha value is -3.79. The van der Waals surface area contributed by atoms with Crippen LogP contribution >= 0.6 is 0 Å². The topological polar surface area (TPSA) is 111 Å². The van der Waals surface area contributed by atoms with Crippen molar-refractivity contribution >= 4 is 12.0 Å². The van der Waals surface area contributed by atoms with Crippen molar-refractivity contribution in [3.8, 4) is 11.1 Å². The molecule has 1 heterocycles. The molecule has 0 bridgehead atoms. The number of alkyl carbamates (subject to hydrolysis) is 1. The number of benzene rings is 3. The van der Waals surface area contributed by atoms with Crippen LogP contribution in [0, 0.1) is 18.7 Å². The van der Waals surface area contributed by atoms with E-state index in [2.05, 4.69) is 10.6 Å². The molecule has 0 aromatic heterocycles. The lowest BCUT2D eigenvalue weighted by Gasteiger charge is -2.43. The first-order chi connectivity index (χ1) is 21.8. The van der Waals surface area contributed by atoms with Gasteiger partial charge in [-0.25, -0.2) is 9.18 Å². The predicted molar refractivity (Wildman–Crippen MR) is 173 cm³/mol. The zero-order valence-corrected chi connectivity index (χ0v) is 26.4. The zero-order chi connectivity index (χ0) is 32.2. The van der Waals surface area contributed by atoms with E-state index in [1.807, 2.05) is 55.5 Å². The monoisotopic (exact) mass is 619 g/mol. The van der Waals surface area contributed by atoms with E-state index >= 15 is 4.39 Å². The van der Waals surface area contributed by atoms with E-state index in [4.69, 9.17) is 9.84 Å². The molecule has 2 atom stereocenters. The van der Waals surface area contributed by atoms with Crippen LogP contribution in [0.4, 0.5) is 9.18 Å². The molecule has 2 unspecified atom stereocenters. The van der Waals surface area contributed by atoms with E-state index in [0.717, 1.165) is 30.5 Å². The number of nitrogens with zero attached hydrogens (tertiary/aromatic N) is 1. The van der Waals surface area contributed by atoms with Gasteiger partial charge < -0.3 is 30.5 Å². The lowest BCUT2D eigenvalue weighted by molar-refractivity contribution is -0.0564. The van der Waals surface area contributed by atoms with Gasteiger partial charge in [0.2, 0.25) is 0 Å². The number of rotatable bonds is 14. The highest BCUT2D eigenvalue weighted by Crippen LogP contribution is 2.44. The molecule has 0 radical (unpaired) electrons. The molecule has 45 heavy (non-hydrogen) atoms. The summed E-state index contributed by atoms with van der Waals surface area (Å²) in [6.45, 7) is 4.80. The molecule has 2 amide bonds. The van der Waals surface area contributed by atoms with Crippen molar-refractivity contribution in [3.63, 3.8) is 0 Å². The van der Waals surface area contributed by atoms with Gasteiger partial charge in [0.15, 0.2) is 0 Å². The molecule has 0 spiro atoms. The van der Waals surface area contributed by atoms with E-state index in [0.29, 0.717) is 61.2 Å². The summed E-state index contributed by atoms with van der Waals surface area (Å²) in [5.41, 5.74) is 2.68. The number of carbonyl (C=O) groups is 2. The third kappa shape index (κ3) is 8.90. The number of hydrogen-bond donors (Lipinski definition) is 4. The van der Waals surface area contributed by atoms with Crippen molar-refractivity contribution in [2.45, 2.75) is 57.6 Å². The second kappa shape index (κ2) is 16.5. The zero-order valence-electron chi connectivity index (χ0n) is 26.4. The summed E-state index contributed by atoms with van der Waals surface area (Å²) in [4.78, 5) is 27.2. The molecule has 3 aromatic rings. The lowest BCUT2D eigenvalue weighted by atomic mass is 9.72. The minimum absolute atomic E-state index is 0.102. The smallest absolute Gasteiger partial charge is 0.406 e. The van der Waals surface area contributed by atoms with Gasteiger partial charge in [-0.3, -0.25) is 4.79 Å². The molecule has 242 valence electrons. The number of aryl methyl sites for hydroxylation is 1. The average Bonchev–Trinajstić information content (AvgIpc) is 3.06. The van der Waals surface area contributed by atoms with Crippen LogP contribution in [-0.2, 0) is 16.9 Å². The number of ether oxygens (including phenoxy) is 1. The largest absolute Gasteiger partial charge is 0.453 e. The maximum atomic E-state index is 15.6. The molecule has 4 N–H and O–H groups in total. The summed E-state index contributed by atoms with van der Waals surface area (Å²) in [6.07, 6.45) is 3.16. The Kier molecular flexibility index (Phi) is 12.5. The number of piperidine rings is 1. The van der Waals surface area contributed by atoms with Crippen LogP contribution in [0.25, 0.3) is 11.1 Å². The van der Waals surface area contributed by atoms with Gasteiger partial charge in [-0.2, -0.15) is 0 Å². The highest BCUT2D eigenvalue weighted by molar-refractivity contribution is 5.94. The van der Waals surface area contributed by atoms with Crippen molar-refractivity contribution < 1.29 is 28.9 Å². The molecule has 1 saturated heterocycles. The van der Waals surface area contributed by atoms with E-state index in [9.17, 15) is 14.7 Å². The van der Waals surface area contributed by atoms with Crippen molar-refractivity contribution in [2.24, 2.45) is 5.92 Å². The minimum Gasteiger partial charge on any atom is -0.453 e. The quantitative estimate of drug-likeness (QED) is 0.177. The Morgan fingerprint density at radius 1 is 1.04 bits per heavy atom. The number of likely N-dealkylation sites (tertiary alicyclic amines) is 1. The first kappa shape index (κ1) is 34.1. The van der Waals surface area contributed by atoms with Crippen LogP contribution < -0.4 is 10.6 Å². The van der Waals surface area contributed by atoms with Gasteiger partial charge in [0, 0.05) is 49.8 Å². The fourth-order valence-electron chi connectivity index (χ4n) is 6.25. The first-order valence-corrected chi connectivity index (χ1v) is 15.9. The van der Waals surface area contributed by atoms with Gasteiger partial charge in [-0.15, -0.1) is 0 Å². The number of carbonyl (C=O) groups excluding carboxylic acids is 2. The lowest BCUT2D eigenvalue weighted by Crippen LogP contribution is -2.48. The van der Waals surface area contributed by atoms with Crippen LogP contribution in [0.1, 0.15) is 65.6 Å². The van der Waals surface area contributed by atoms with Crippen LogP contribution in [0.5, 0.6) is 0 Å². The third-order valence-electron chi connectivity index (χ3n) is 8.65. The Morgan fingerprint density at radius 3 is 2.56 bits per heavy atom. The van der Waals surface area contributed by atoms with Crippen molar-refractivity contribution in [1.29, 1.82) is 0 Å². The standard InChI is InChI=1S/C36H46FN3O5/c1-26-9-5-10-29(23-26)33-31(12-6-13-32(33)37)36(44,18-8-20-39-35(43)45-2)30-11-7-21-40(25-30)34(42)28-16-14-27(15-17-28)24-38-19-3-4-22-41/h5-6,9-10,12-17,23,30,38,41,44H,3-4,7-8,11,18-22,24-25H2,1-2H3,(H,39,43). The summed E-state index contributed by atoms with van der Waals surface area (Å²) in [5.74, 6) is -0.882. The van der Waals surface area contributed by atoms with Gasteiger partial charge in [0.1, 0.15) is 5.82 Å². The van der Waals surface area contributed by atoms with Gasteiger partial charge >= 0.3 is 6.09 Å². The van der Waals surface area contributed by atoms with Crippen LogP contribution in [0.15, 0.2) is 66.7 Å². The van der Waals surface area contributed by atoms with Crippen LogP contribution in [0.2, 0.25) is 0 Å². The summed E-state index contributed by atoms with van der Waals surface area (Å²) in [6, 6.07) is 20.0. The number of aliphatic hydroxyl groups excluding tert-OH is 1. The maximum absolute atomic E-state index is 15.6. The molecule has 1 aliphatic rings. The Balaban J connectivity index is 1.58. The third-order valence-corrected chi connectivity index (χ3v) is 8.65. The number of amides is 2. The number of halogens is 1. The highest BCUT2D eigenvalue weighted by Gasteiger charge is 2.43. The summed E-state index contributed by atoms with van der Waals surface area (Å²) in [5, 5.41) is 27.6. The molecule has 4 rings (SSSR count). The molecule has 9 heteroatoms. The van der Waals surface area contributed by atoms with Gasteiger partial charge in [0.25, 0.3) is 5.91 Å². The SMILES string of the molecule is COC(=O)NCCCC(O)(c1cccc(F)c1-c1cccc(C)c1)C1CCCN(C(=O)c2ccc(CNCCCCO)cc2)C1. The van der Waals surface area contributed by atoms with E-state index in [1.54, 1.807) is 17.0 Å². The maximum Gasteiger partial charge on any atom is 0.406 e. The van der Waals surface area contributed by atoms with Crippen molar-refractivity contribution in [2.75, 3.05) is 39.9 Å². The number of hydrogen-bond acceptors (Lipinski definition) is 6. The second-order valence-electron chi connectivity index (χ2n) is 11.9. The fraction of sp³-hybridized carbons (Fsp3) is 0.444. The summed E-state index contributed by atoms with van der Waals surface area (Å²) >= 11 is 0. The van der Waals surface area contributed by atoms with Gasteiger partial charge in [0.05, 0.1) is 12.7 Å². The molecule has 3 aromatic carbocycles. The Morgan fingerprint density at radius 2 is 1.82 bits per heavy atom. The Bertz CT molecular complexity index is 1420. The highest BCUT2D eigenvalue weighted by atomic mass is 19.1. The summed E-state index contributed by atoms with van der Waals surface area (Å²) < 4.78 is 20.3. The normalized spacial score (nSPS) is 16.2. The molecule has 8 nitrogen and oxygen atoms in total. The van der Waals surface area contributed by atoms with E-state index in [-0.39, 0.29) is 31.4 Å². The van der Waals surface area contributed by atoms with Gasteiger partial charge in [-0.05, 0) is 86.9 Å². The summed E-state index contributed by atoms with van der Waals surface area (Å²) in [7, 11) is 1.30. The van der Waals surface area contributed by atoms with Crippen LogP contribution in [0.3, 0.4) is 0 Å². The molecule has 0 saturated carbocycles. The number of nitrogens with one attached hydrogen (secondary N) is 2. The predicted octanol–water partition coefficient (Wildman–Crippen LogP) is 5.54. The van der Waals surface area contributed by atoms with E-state index < -0.39 is 17.5 Å². The van der Waals surface area contributed by atoms with Crippen LogP contribution in [-0.4, -0.2) is 67.0 Å². The fourth-order valence-corrected chi connectivity index (χ4v) is 6.25. The Labute approximate surface area is 265 Å². The minimum atomic E-state index is -1.47. The molecular formula is C36H46FN3O5. The number of aliphatic hydroxyl groups is 2. The molecular weight excluding hydrogens is 573 g/mol. The number of methoxy groups -OCH3 is 1. The van der Waals surface area contributed by atoms with Crippen molar-refractivity contribution in [1.82, 2.24) is 15.5 Å². The van der Waals surface area contributed by atoms with Crippen molar-refractivity contribution in [3.05, 3.63) is 94.8 Å². The average molecular weight is 620 g/mol.